The Kier molecular flexibility index (Phi) is 3.71. The first-order valence-corrected chi connectivity index (χ1v) is 6.02. The predicted molar refractivity (Wildman–Crippen MR) is 63.5 cm³/mol. The van der Waals surface area contributed by atoms with Gasteiger partial charge in [-0.05, 0) is 37.5 Å². The Bertz CT molecular complexity index is 449. The summed E-state index contributed by atoms with van der Waals surface area (Å²) >= 11 is 0. The van der Waals surface area contributed by atoms with Gasteiger partial charge in [-0.3, -0.25) is 0 Å². The van der Waals surface area contributed by atoms with Gasteiger partial charge in [0.15, 0.2) is 0 Å². The summed E-state index contributed by atoms with van der Waals surface area (Å²) in [6, 6.07) is 2.48. The Morgan fingerprint density at radius 1 is 1.32 bits per heavy atom. The van der Waals surface area contributed by atoms with E-state index in [0.717, 1.165) is 31.4 Å². The summed E-state index contributed by atoms with van der Waals surface area (Å²) < 4.78 is 56.1. The molecule has 0 atom stereocenters. The van der Waals surface area contributed by atoms with Crippen molar-refractivity contribution in [1.82, 2.24) is 0 Å². The monoisotopic (exact) mass is 277 g/mol. The minimum Gasteiger partial charge on any atom is -0.380 e. The molecule has 106 valence electrons. The molecule has 0 saturated heterocycles. The molecule has 0 aliphatic heterocycles. The quantitative estimate of drug-likeness (QED) is 0.845. The lowest BCUT2D eigenvalue weighted by molar-refractivity contribution is -0.137. The van der Waals surface area contributed by atoms with Gasteiger partial charge in [-0.25, -0.2) is 4.39 Å². The van der Waals surface area contributed by atoms with E-state index in [1.54, 1.807) is 7.11 Å². The molecule has 2 nitrogen and oxygen atoms in total. The zero-order valence-electron chi connectivity index (χ0n) is 10.5. The van der Waals surface area contributed by atoms with Crippen molar-refractivity contribution in [2.24, 2.45) is 0 Å². The summed E-state index contributed by atoms with van der Waals surface area (Å²) in [5, 5.41) is 2.82. The summed E-state index contributed by atoms with van der Waals surface area (Å²) in [6.45, 7) is 0.395. The molecule has 2 rings (SSSR count). The Balaban J connectivity index is 2.05. The lowest BCUT2D eigenvalue weighted by Crippen LogP contribution is -2.45. The van der Waals surface area contributed by atoms with E-state index < -0.39 is 17.6 Å². The molecule has 0 unspecified atom stereocenters. The number of benzene rings is 1. The maximum absolute atomic E-state index is 13.6. The standard InChI is InChI=1S/C13H15F4NO/c1-19-12(5-2-6-12)8-18-11-4-3-9(7-10(11)14)13(15,16)17/h3-4,7,18H,2,5-6,8H2,1H3. The van der Waals surface area contributed by atoms with Gasteiger partial charge in [-0.15, -0.1) is 0 Å². The van der Waals surface area contributed by atoms with Crippen molar-refractivity contribution in [2.45, 2.75) is 31.0 Å². The van der Waals surface area contributed by atoms with Crippen molar-refractivity contribution in [3.05, 3.63) is 29.6 Å². The summed E-state index contributed by atoms with van der Waals surface area (Å²) in [4.78, 5) is 0. The van der Waals surface area contributed by atoms with Crippen LogP contribution in [0.25, 0.3) is 0 Å². The molecule has 6 heteroatoms. The molecule has 0 heterocycles. The highest BCUT2D eigenvalue weighted by molar-refractivity contribution is 5.47. The van der Waals surface area contributed by atoms with E-state index in [-0.39, 0.29) is 11.3 Å². The molecule has 0 bridgehead atoms. The highest BCUT2D eigenvalue weighted by Crippen LogP contribution is 2.36. The minimum atomic E-state index is -4.53. The van der Waals surface area contributed by atoms with Crippen LogP contribution in [0, 0.1) is 5.82 Å². The number of anilines is 1. The zero-order valence-corrected chi connectivity index (χ0v) is 10.5. The summed E-state index contributed by atoms with van der Waals surface area (Å²) in [6.07, 6.45) is -1.73. The van der Waals surface area contributed by atoms with Crippen molar-refractivity contribution in [2.75, 3.05) is 19.0 Å². The number of hydrogen-bond acceptors (Lipinski definition) is 2. The topological polar surface area (TPSA) is 21.3 Å². The zero-order chi connectivity index (χ0) is 14.1. The molecule has 1 aliphatic rings. The average molecular weight is 277 g/mol. The lowest BCUT2D eigenvalue weighted by Gasteiger charge is -2.40. The first-order valence-electron chi connectivity index (χ1n) is 6.02. The van der Waals surface area contributed by atoms with Crippen LogP contribution in [-0.4, -0.2) is 19.3 Å². The van der Waals surface area contributed by atoms with Crippen molar-refractivity contribution in [3.8, 4) is 0 Å². The third-order valence-electron chi connectivity index (χ3n) is 3.60. The molecule has 1 N–H and O–H groups in total. The van der Waals surface area contributed by atoms with E-state index in [2.05, 4.69) is 5.32 Å². The van der Waals surface area contributed by atoms with Gasteiger partial charge in [-0.1, -0.05) is 0 Å². The van der Waals surface area contributed by atoms with Crippen LogP contribution in [0.3, 0.4) is 0 Å². The van der Waals surface area contributed by atoms with Crippen LogP contribution in [0.2, 0.25) is 0 Å². The van der Waals surface area contributed by atoms with E-state index >= 15 is 0 Å². The van der Waals surface area contributed by atoms with Crippen molar-refractivity contribution < 1.29 is 22.3 Å². The smallest absolute Gasteiger partial charge is 0.380 e. The van der Waals surface area contributed by atoms with Crippen LogP contribution in [-0.2, 0) is 10.9 Å². The van der Waals surface area contributed by atoms with Crippen molar-refractivity contribution >= 4 is 5.69 Å². The van der Waals surface area contributed by atoms with Gasteiger partial charge in [0.25, 0.3) is 0 Å². The number of rotatable bonds is 4. The molecule has 0 aromatic heterocycles. The Morgan fingerprint density at radius 2 is 2.00 bits per heavy atom. The highest BCUT2D eigenvalue weighted by Gasteiger charge is 2.37. The normalized spacial score (nSPS) is 17.9. The maximum atomic E-state index is 13.6. The van der Waals surface area contributed by atoms with Gasteiger partial charge in [-0.2, -0.15) is 13.2 Å². The molecular weight excluding hydrogens is 262 g/mol. The second kappa shape index (κ2) is 5.00. The summed E-state index contributed by atoms with van der Waals surface area (Å²) in [5.74, 6) is -0.902. The van der Waals surface area contributed by atoms with Gasteiger partial charge < -0.3 is 10.1 Å². The van der Waals surface area contributed by atoms with Crippen molar-refractivity contribution in [3.63, 3.8) is 0 Å². The predicted octanol–water partition coefficient (Wildman–Crippen LogP) is 3.83. The molecule has 1 aromatic carbocycles. The van der Waals surface area contributed by atoms with Crippen LogP contribution in [0.4, 0.5) is 23.2 Å². The third-order valence-corrected chi connectivity index (χ3v) is 3.60. The molecule has 0 radical (unpaired) electrons. The molecule has 1 saturated carbocycles. The first kappa shape index (κ1) is 14.1. The van der Waals surface area contributed by atoms with E-state index in [4.69, 9.17) is 4.74 Å². The number of halogens is 4. The van der Waals surface area contributed by atoms with Crippen molar-refractivity contribution in [1.29, 1.82) is 0 Å². The highest BCUT2D eigenvalue weighted by atomic mass is 19.4. The molecular formula is C13H15F4NO. The lowest BCUT2D eigenvalue weighted by atomic mass is 9.80. The molecule has 0 amide bonds. The second-order valence-electron chi connectivity index (χ2n) is 4.79. The fraction of sp³-hybridized carbons (Fsp3) is 0.538. The van der Waals surface area contributed by atoms with Crippen LogP contribution in [0.5, 0.6) is 0 Å². The van der Waals surface area contributed by atoms with E-state index in [0.29, 0.717) is 12.6 Å². The van der Waals surface area contributed by atoms with Crippen LogP contribution >= 0.6 is 0 Å². The Hall–Kier alpha value is -1.30. The van der Waals surface area contributed by atoms with Crippen LogP contribution in [0.1, 0.15) is 24.8 Å². The second-order valence-corrected chi connectivity index (χ2v) is 4.79. The number of methoxy groups -OCH3 is 1. The van der Waals surface area contributed by atoms with E-state index in [9.17, 15) is 17.6 Å². The van der Waals surface area contributed by atoms with Gasteiger partial charge in [0.1, 0.15) is 5.82 Å². The van der Waals surface area contributed by atoms with Crippen LogP contribution in [0.15, 0.2) is 18.2 Å². The third kappa shape index (κ3) is 3.00. The van der Waals surface area contributed by atoms with E-state index in [1.165, 1.54) is 0 Å². The number of nitrogens with one attached hydrogen (secondary N) is 1. The molecule has 1 aromatic rings. The van der Waals surface area contributed by atoms with Crippen LogP contribution < -0.4 is 5.32 Å². The molecule has 19 heavy (non-hydrogen) atoms. The van der Waals surface area contributed by atoms with Gasteiger partial charge in [0, 0.05) is 13.7 Å². The average Bonchev–Trinajstić information content (AvgIpc) is 2.28. The van der Waals surface area contributed by atoms with Gasteiger partial charge in [0.05, 0.1) is 16.9 Å². The minimum absolute atomic E-state index is 0.0660. The maximum Gasteiger partial charge on any atom is 0.416 e. The van der Waals surface area contributed by atoms with E-state index in [1.807, 2.05) is 0 Å². The Labute approximate surface area is 108 Å². The first-order chi connectivity index (χ1) is 8.86. The van der Waals surface area contributed by atoms with Gasteiger partial charge in [0.2, 0.25) is 0 Å². The van der Waals surface area contributed by atoms with Gasteiger partial charge >= 0.3 is 6.18 Å². The summed E-state index contributed by atoms with van der Waals surface area (Å²) in [7, 11) is 1.59. The SMILES string of the molecule is COC1(CNc2ccc(C(F)(F)F)cc2F)CCC1. The fourth-order valence-electron chi connectivity index (χ4n) is 2.12. The number of alkyl halides is 3. The molecule has 1 aliphatic carbocycles. The largest absolute Gasteiger partial charge is 0.416 e. The summed E-state index contributed by atoms with van der Waals surface area (Å²) in [5.41, 5.74) is -1.23. The molecule has 1 fully saturated rings. The number of hydrogen-bond donors (Lipinski definition) is 1. The molecule has 0 spiro atoms. The number of ether oxygens (including phenoxy) is 1. The Morgan fingerprint density at radius 3 is 2.42 bits per heavy atom. The fourth-order valence-corrected chi connectivity index (χ4v) is 2.12.